The van der Waals surface area contributed by atoms with Gasteiger partial charge in [-0.2, -0.15) is 0 Å². The van der Waals surface area contributed by atoms with Crippen LogP contribution in [0.15, 0.2) is 0 Å². The van der Waals surface area contributed by atoms with E-state index in [0.29, 0.717) is 6.61 Å². The Labute approximate surface area is 117 Å². The molecule has 1 N–H and O–H groups in total. The molecule has 1 saturated carbocycles. The second-order valence-corrected chi connectivity index (χ2v) is 5.79. The molecule has 1 amide bonds. The minimum Gasteiger partial charge on any atom is -0.466 e. The number of nitrogens with one attached hydrogen (secondary N) is 1. The number of ether oxygens (including phenoxy) is 1. The van der Waals surface area contributed by atoms with E-state index >= 15 is 0 Å². The fraction of sp³-hybridized carbons (Fsp3) is 0.846. The van der Waals surface area contributed by atoms with Crippen molar-refractivity contribution in [1.29, 1.82) is 0 Å². The molecule has 1 rings (SSSR count). The van der Waals surface area contributed by atoms with E-state index in [0.717, 1.165) is 32.1 Å². The van der Waals surface area contributed by atoms with Gasteiger partial charge >= 0.3 is 5.97 Å². The summed E-state index contributed by atoms with van der Waals surface area (Å²) in [5.41, 5.74) is 0. The zero-order valence-electron chi connectivity index (χ0n) is 11.1. The van der Waals surface area contributed by atoms with Gasteiger partial charge in [0.1, 0.15) is 0 Å². The third-order valence-corrected chi connectivity index (χ3v) is 4.40. The average molecular weight is 320 g/mol. The standard InChI is InChI=1S/C13H22BrNO3/c1-3-11(14)12(16)15-10-7-5-9(6-8-10)13(17)18-4-2/h9-11H,3-8H2,1-2H3,(H,15,16). The van der Waals surface area contributed by atoms with Gasteiger partial charge in [0.25, 0.3) is 0 Å². The summed E-state index contributed by atoms with van der Waals surface area (Å²) in [4.78, 5) is 23.2. The number of halogens is 1. The maximum absolute atomic E-state index is 11.7. The molecule has 0 bridgehead atoms. The summed E-state index contributed by atoms with van der Waals surface area (Å²) < 4.78 is 5.02. The Bertz CT molecular complexity index is 288. The first-order chi connectivity index (χ1) is 8.58. The fourth-order valence-corrected chi connectivity index (χ4v) is 2.34. The molecule has 0 saturated heterocycles. The molecule has 1 aliphatic rings. The van der Waals surface area contributed by atoms with Crippen molar-refractivity contribution in [3.63, 3.8) is 0 Å². The normalized spacial score (nSPS) is 25.3. The number of amides is 1. The minimum absolute atomic E-state index is 0.0176. The molecule has 0 radical (unpaired) electrons. The number of alkyl halides is 1. The van der Waals surface area contributed by atoms with Gasteiger partial charge in [0, 0.05) is 6.04 Å². The number of rotatable bonds is 5. The van der Waals surface area contributed by atoms with Gasteiger partial charge in [-0.25, -0.2) is 0 Å². The van der Waals surface area contributed by atoms with Crippen LogP contribution in [0.2, 0.25) is 0 Å². The van der Waals surface area contributed by atoms with Gasteiger partial charge in [-0.3, -0.25) is 9.59 Å². The van der Waals surface area contributed by atoms with Crippen LogP contribution in [0.5, 0.6) is 0 Å². The van der Waals surface area contributed by atoms with Gasteiger partial charge in [-0.15, -0.1) is 0 Å². The number of carbonyl (C=O) groups is 2. The molecule has 0 heterocycles. The zero-order chi connectivity index (χ0) is 13.5. The van der Waals surface area contributed by atoms with E-state index in [1.165, 1.54) is 0 Å². The van der Waals surface area contributed by atoms with Crippen LogP contribution in [-0.2, 0) is 14.3 Å². The third-order valence-electron chi connectivity index (χ3n) is 3.34. The lowest BCUT2D eigenvalue weighted by Crippen LogP contribution is -2.42. The lowest BCUT2D eigenvalue weighted by molar-refractivity contribution is -0.149. The van der Waals surface area contributed by atoms with Crippen LogP contribution in [0.1, 0.15) is 46.0 Å². The predicted octanol–water partition coefficient (Wildman–Crippen LogP) is 2.40. The number of hydrogen-bond donors (Lipinski definition) is 1. The zero-order valence-corrected chi connectivity index (χ0v) is 12.7. The van der Waals surface area contributed by atoms with Crippen molar-refractivity contribution < 1.29 is 14.3 Å². The number of hydrogen-bond acceptors (Lipinski definition) is 3. The van der Waals surface area contributed by atoms with Crippen LogP contribution in [0.3, 0.4) is 0 Å². The first kappa shape index (κ1) is 15.5. The summed E-state index contributed by atoms with van der Waals surface area (Å²) >= 11 is 3.34. The topological polar surface area (TPSA) is 55.4 Å². The van der Waals surface area contributed by atoms with Gasteiger partial charge in [0.2, 0.25) is 5.91 Å². The Balaban J connectivity index is 2.31. The highest BCUT2D eigenvalue weighted by Crippen LogP contribution is 2.25. The molecule has 1 atom stereocenters. The first-order valence-electron chi connectivity index (χ1n) is 6.69. The molecular formula is C13H22BrNO3. The maximum atomic E-state index is 11.7. The molecule has 0 aromatic heterocycles. The van der Waals surface area contributed by atoms with E-state index in [-0.39, 0.29) is 28.7 Å². The summed E-state index contributed by atoms with van der Waals surface area (Å²) in [5.74, 6) is -0.0182. The van der Waals surface area contributed by atoms with Gasteiger partial charge < -0.3 is 10.1 Å². The summed E-state index contributed by atoms with van der Waals surface area (Å²) in [5, 5.41) is 3.02. The highest BCUT2D eigenvalue weighted by Gasteiger charge is 2.28. The van der Waals surface area contributed by atoms with Crippen LogP contribution in [0.4, 0.5) is 0 Å². The van der Waals surface area contributed by atoms with E-state index in [4.69, 9.17) is 4.74 Å². The molecule has 0 spiro atoms. The number of esters is 1. The van der Waals surface area contributed by atoms with Crippen LogP contribution >= 0.6 is 15.9 Å². The molecular weight excluding hydrogens is 298 g/mol. The molecule has 0 aromatic carbocycles. The van der Waals surface area contributed by atoms with Crippen molar-refractivity contribution in [2.24, 2.45) is 5.92 Å². The van der Waals surface area contributed by atoms with Crippen LogP contribution in [0, 0.1) is 5.92 Å². The van der Waals surface area contributed by atoms with Crippen LogP contribution in [0.25, 0.3) is 0 Å². The van der Waals surface area contributed by atoms with Crippen molar-refractivity contribution in [1.82, 2.24) is 5.32 Å². The number of carbonyl (C=O) groups excluding carboxylic acids is 2. The van der Waals surface area contributed by atoms with Crippen LogP contribution in [-0.4, -0.2) is 29.4 Å². The Morgan fingerprint density at radius 1 is 1.28 bits per heavy atom. The lowest BCUT2D eigenvalue weighted by atomic mass is 9.86. The summed E-state index contributed by atoms with van der Waals surface area (Å²) in [7, 11) is 0. The Morgan fingerprint density at radius 2 is 1.89 bits per heavy atom. The fourth-order valence-electron chi connectivity index (χ4n) is 2.21. The smallest absolute Gasteiger partial charge is 0.308 e. The van der Waals surface area contributed by atoms with E-state index in [1.807, 2.05) is 13.8 Å². The van der Waals surface area contributed by atoms with Gasteiger partial charge in [0.15, 0.2) is 0 Å². The summed E-state index contributed by atoms with van der Waals surface area (Å²) in [6.45, 7) is 4.23. The van der Waals surface area contributed by atoms with Crippen molar-refractivity contribution in [2.45, 2.75) is 56.8 Å². The highest BCUT2D eigenvalue weighted by molar-refractivity contribution is 9.10. The molecule has 1 unspecified atom stereocenters. The van der Waals surface area contributed by atoms with Crippen LogP contribution < -0.4 is 5.32 Å². The first-order valence-corrected chi connectivity index (χ1v) is 7.61. The molecule has 0 aliphatic heterocycles. The van der Waals surface area contributed by atoms with Gasteiger partial charge in [0.05, 0.1) is 17.4 Å². The summed E-state index contributed by atoms with van der Waals surface area (Å²) in [6.07, 6.45) is 4.12. The minimum atomic E-state index is -0.111. The molecule has 0 aromatic rings. The lowest BCUT2D eigenvalue weighted by Gasteiger charge is -2.28. The SMILES string of the molecule is CCOC(=O)C1CCC(NC(=O)C(Br)CC)CC1. The second kappa shape index (κ2) is 7.77. The van der Waals surface area contributed by atoms with Crippen molar-refractivity contribution in [3.8, 4) is 0 Å². The Hall–Kier alpha value is -0.580. The average Bonchev–Trinajstić information content (AvgIpc) is 2.38. The predicted molar refractivity (Wildman–Crippen MR) is 73.5 cm³/mol. The monoisotopic (exact) mass is 319 g/mol. The van der Waals surface area contributed by atoms with E-state index in [9.17, 15) is 9.59 Å². The highest BCUT2D eigenvalue weighted by atomic mass is 79.9. The molecule has 1 aliphatic carbocycles. The van der Waals surface area contributed by atoms with Crippen molar-refractivity contribution in [2.75, 3.05) is 6.61 Å². The van der Waals surface area contributed by atoms with E-state index in [2.05, 4.69) is 21.2 Å². The Kier molecular flexibility index (Phi) is 6.68. The van der Waals surface area contributed by atoms with Gasteiger partial charge in [-0.05, 0) is 39.0 Å². The quantitative estimate of drug-likeness (QED) is 0.625. The van der Waals surface area contributed by atoms with E-state index in [1.54, 1.807) is 0 Å². The second-order valence-electron chi connectivity index (χ2n) is 4.68. The molecule has 5 heteroatoms. The van der Waals surface area contributed by atoms with Crippen molar-refractivity contribution >= 4 is 27.8 Å². The molecule has 18 heavy (non-hydrogen) atoms. The molecule has 104 valence electrons. The molecule has 1 fully saturated rings. The largest absolute Gasteiger partial charge is 0.466 e. The Morgan fingerprint density at radius 3 is 2.39 bits per heavy atom. The van der Waals surface area contributed by atoms with E-state index < -0.39 is 0 Å². The van der Waals surface area contributed by atoms with Gasteiger partial charge in [-0.1, -0.05) is 22.9 Å². The molecule has 4 nitrogen and oxygen atoms in total. The maximum Gasteiger partial charge on any atom is 0.308 e. The van der Waals surface area contributed by atoms with Crippen molar-refractivity contribution in [3.05, 3.63) is 0 Å². The third kappa shape index (κ3) is 4.59. The summed E-state index contributed by atoms with van der Waals surface area (Å²) in [6, 6.07) is 0.203.